The fourth-order valence-corrected chi connectivity index (χ4v) is 5.91. The van der Waals surface area contributed by atoms with Gasteiger partial charge in [0.2, 0.25) is 0 Å². The molecule has 1 aliphatic heterocycles. The van der Waals surface area contributed by atoms with Crippen LogP contribution >= 0.6 is 12.0 Å². The highest BCUT2D eigenvalue weighted by Gasteiger charge is 2.39. The van der Waals surface area contributed by atoms with Crippen LogP contribution in [0.1, 0.15) is 25.2 Å². The van der Waals surface area contributed by atoms with E-state index in [9.17, 15) is 4.55 Å². The summed E-state index contributed by atoms with van der Waals surface area (Å²) in [6.45, 7) is 4.42. The molecule has 0 fully saturated rings. The van der Waals surface area contributed by atoms with Crippen molar-refractivity contribution in [1.82, 2.24) is 4.57 Å². The molecule has 2 aromatic heterocycles. The zero-order valence-electron chi connectivity index (χ0n) is 19.4. The maximum atomic E-state index is 9.80. The van der Waals surface area contributed by atoms with E-state index in [4.69, 9.17) is 4.42 Å². The molecule has 4 aromatic carbocycles. The maximum absolute atomic E-state index is 9.80. The van der Waals surface area contributed by atoms with Gasteiger partial charge in [0.15, 0.2) is 5.09 Å². The Bertz CT molecular complexity index is 1740. The molecule has 6 aromatic rings. The van der Waals surface area contributed by atoms with Crippen LogP contribution in [0.2, 0.25) is 0 Å². The van der Waals surface area contributed by atoms with Crippen molar-refractivity contribution in [2.45, 2.75) is 24.4 Å². The molecule has 0 atom stereocenters. The van der Waals surface area contributed by atoms with E-state index >= 15 is 0 Å². The molecule has 1 N–H and O–H groups in total. The molecule has 0 saturated heterocycles. The second-order valence-corrected chi connectivity index (χ2v) is 10.3. The van der Waals surface area contributed by atoms with E-state index in [1.54, 1.807) is 0 Å². The monoisotopic (exact) mass is 473 g/mol. The number of rotatable bonds is 3. The first-order valence-corrected chi connectivity index (χ1v) is 12.5. The third kappa shape index (κ3) is 2.90. The van der Waals surface area contributed by atoms with Crippen LogP contribution in [0, 0.1) is 0 Å². The van der Waals surface area contributed by atoms with E-state index in [0.29, 0.717) is 17.1 Å². The van der Waals surface area contributed by atoms with Gasteiger partial charge >= 0.3 is 0 Å². The number of benzene rings is 4. The first kappa shape index (κ1) is 20.6. The molecule has 3 heterocycles. The molecule has 0 aliphatic carbocycles. The summed E-state index contributed by atoms with van der Waals surface area (Å²) in [4.78, 5) is 0. The molecule has 3 nitrogen and oxygen atoms in total. The smallest absolute Gasteiger partial charge is 0.189 e. The highest BCUT2D eigenvalue weighted by molar-refractivity contribution is 7.93. The first-order chi connectivity index (χ1) is 17.1. The van der Waals surface area contributed by atoms with Crippen molar-refractivity contribution in [3.8, 4) is 27.9 Å². The predicted molar refractivity (Wildman–Crippen MR) is 145 cm³/mol. The molecule has 0 unspecified atom stereocenters. The van der Waals surface area contributed by atoms with Crippen LogP contribution in [-0.4, -0.2) is 9.12 Å². The summed E-state index contributed by atoms with van der Waals surface area (Å²) in [6, 6.07) is 34.4. The Morgan fingerprint density at radius 1 is 0.714 bits per heavy atom. The van der Waals surface area contributed by atoms with Crippen LogP contribution in [0.3, 0.4) is 0 Å². The molecule has 1 aliphatic rings. The topological polar surface area (TPSA) is 38.3 Å². The summed E-state index contributed by atoms with van der Waals surface area (Å²) in [7, 11) is 0. The van der Waals surface area contributed by atoms with E-state index in [0.717, 1.165) is 17.0 Å². The molecule has 0 bridgehead atoms. The molecule has 0 saturated carbocycles. The maximum Gasteiger partial charge on any atom is 0.189 e. The molecular formula is C31H23NO2S. The largest absolute Gasteiger partial charge is 0.449 e. The normalized spacial score (nSPS) is 13.9. The molecule has 4 heteroatoms. The van der Waals surface area contributed by atoms with Gasteiger partial charge in [-0.25, -0.2) is 0 Å². The molecule has 0 radical (unpaired) electrons. The molecule has 35 heavy (non-hydrogen) atoms. The van der Waals surface area contributed by atoms with Gasteiger partial charge in [-0.3, -0.25) is 0 Å². The van der Waals surface area contributed by atoms with E-state index in [2.05, 4.69) is 103 Å². The second-order valence-electron chi connectivity index (χ2n) is 9.72. The minimum Gasteiger partial charge on any atom is -0.449 e. The average molecular weight is 474 g/mol. The zero-order chi connectivity index (χ0) is 23.7. The van der Waals surface area contributed by atoms with Crippen molar-refractivity contribution in [2.24, 2.45) is 0 Å². The van der Waals surface area contributed by atoms with Gasteiger partial charge in [0.05, 0.1) is 34.2 Å². The lowest BCUT2D eigenvalue weighted by Gasteiger charge is -2.31. The first-order valence-electron chi connectivity index (χ1n) is 11.8. The molecule has 170 valence electrons. The second kappa shape index (κ2) is 7.38. The van der Waals surface area contributed by atoms with Crippen LogP contribution in [0.25, 0.3) is 49.7 Å². The number of furan rings is 1. The third-order valence-corrected chi connectivity index (χ3v) is 7.72. The summed E-state index contributed by atoms with van der Waals surface area (Å²) < 4.78 is 18.3. The number of hydrogen-bond donors (Lipinski definition) is 1. The van der Waals surface area contributed by atoms with Crippen molar-refractivity contribution in [1.29, 1.82) is 0 Å². The van der Waals surface area contributed by atoms with E-state index < -0.39 is 0 Å². The zero-order valence-corrected chi connectivity index (χ0v) is 20.3. The van der Waals surface area contributed by atoms with Gasteiger partial charge < -0.3 is 13.5 Å². The van der Waals surface area contributed by atoms with Crippen molar-refractivity contribution < 1.29 is 8.97 Å². The Hall–Kier alpha value is -3.73. The summed E-state index contributed by atoms with van der Waals surface area (Å²) in [6.07, 6.45) is 0. The van der Waals surface area contributed by atoms with Gasteiger partial charge in [-0.15, -0.1) is 0 Å². The lowest BCUT2D eigenvalue weighted by atomic mass is 9.77. The Kier molecular flexibility index (Phi) is 4.35. The molecule has 0 spiro atoms. The van der Waals surface area contributed by atoms with Gasteiger partial charge in [0.25, 0.3) is 0 Å². The number of hydrogen-bond acceptors (Lipinski definition) is 3. The predicted octanol–water partition coefficient (Wildman–Crippen LogP) is 8.92. The third-order valence-electron chi connectivity index (χ3n) is 7.34. The minimum atomic E-state index is -0.362. The van der Waals surface area contributed by atoms with Crippen LogP contribution in [-0.2, 0) is 5.41 Å². The van der Waals surface area contributed by atoms with Gasteiger partial charge in [0.1, 0.15) is 5.76 Å². The van der Waals surface area contributed by atoms with Crippen LogP contribution in [0.4, 0.5) is 0 Å². The number of aromatic nitrogens is 1. The van der Waals surface area contributed by atoms with Gasteiger partial charge in [0, 0.05) is 16.8 Å². The highest BCUT2D eigenvalue weighted by atomic mass is 32.2. The Morgan fingerprint density at radius 2 is 1.37 bits per heavy atom. The summed E-state index contributed by atoms with van der Waals surface area (Å²) in [5.74, 6) is 0.873. The number of fused-ring (bicyclic) bond motifs is 5. The van der Waals surface area contributed by atoms with E-state index in [1.165, 1.54) is 44.1 Å². The minimum absolute atomic E-state index is 0.362. The van der Waals surface area contributed by atoms with Crippen molar-refractivity contribution >= 4 is 33.8 Å². The Morgan fingerprint density at radius 3 is 2.06 bits per heavy atom. The highest BCUT2D eigenvalue weighted by Crippen LogP contribution is 2.50. The van der Waals surface area contributed by atoms with Crippen LogP contribution in [0.5, 0.6) is 0 Å². The van der Waals surface area contributed by atoms with Gasteiger partial charge in [-0.05, 0) is 65.9 Å². The lowest BCUT2D eigenvalue weighted by molar-refractivity contribution is 0.370. The standard InChI is InChI=1S/C31H23NO2S/c1-31(2)25-17-22(20-11-7-4-8-12-20)16-24-23-15-21(19-9-5-3-6-10-19)13-14-26(23)32(29(24)25)27-18-28(35-33)34-30(27)31/h3-18,33H,1-2H3. The summed E-state index contributed by atoms with van der Waals surface area (Å²) in [5.41, 5.74) is 8.99. The van der Waals surface area contributed by atoms with Crippen molar-refractivity contribution in [2.75, 3.05) is 0 Å². The van der Waals surface area contributed by atoms with E-state index in [1.807, 2.05) is 12.1 Å². The van der Waals surface area contributed by atoms with Gasteiger partial charge in [-0.2, -0.15) is 0 Å². The summed E-state index contributed by atoms with van der Waals surface area (Å²) in [5, 5.41) is 2.95. The Labute approximate surface area is 207 Å². The van der Waals surface area contributed by atoms with Crippen LogP contribution < -0.4 is 0 Å². The van der Waals surface area contributed by atoms with Crippen molar-refractivity contribution in [3.63, 3.8) is 0 Å². The fraction of sp³-hybridized carbons (Fsp3) is 0.0968. The average Bonchev–Trinajstić information content (AvgIpc) is 3.48. The Balaban J connectivity index is 1.64. The number of nitrogens with zero attached hydrogens (tertiary/aromatic N) is 1. The van der Waals surface area contributed by atoms with Crippen LogP contribution in [0.15, 0.2) is 107 Å². The molecule has 7 rings (SSSR count). The quantitative estimate of drug-likeness (QED) is 0.261. The van der Waals surface area contributed by atoms with Crippen molar-refractivity contribution in [3.05, 3.63) is 108 Å². The molecule has 0 amide bonds. The molecular weight excluding hydrogens is 450 g/mol. The summed E-state index contributed by atoms with van der Waals surface area (Å²) >= 11 is 0.659. The van der Waals surface area contributed by atoms with E-state index in [-0.39, 0.29) is 5.41 Å². The fourth-order valence-electron chi connectivity index (χ4n) is 5.62. The lowest BCUT2D eigenvalue weighted by Crippen LogP contribution is -2.25. The van der Waals surface area contributed by atoms with Gasteiger partial charge in [-0.1, -0.05) is 66.7 Å². The SMILES string of the molecule is CC1(C)c2oc(SO)cc2-n2c3ccc(-c4ccccc4)cc3c3cc(-c4ccccc4)cc1c32.